The number of anilines is 1. The fourth-order valence-corrected chi connectivity index (χ4v) is 5.62. The van der Waals surface area contributed by atoms with Gasteiger partial charge >= 0.3 is 0 Å². The summed E-state index contributed by atoms with van der Waals surface area (Å²) in [5.74, 6) is 0.372. The van der Waals surface area contributed by atoms with Crippen molar-refractivity contribution in [1.29, 1.82) is 0 Å². The average molecular weight is 485 g/mol. The van der Waals surface area contributed by atoms with Crippen molar-refractivity contribution >= 4 is 44.8 Å². The van der Waals surface area contributed by atoms with Crippen LogP contribution >= 0.6 is 23.2 Å². The highest BCUT2D eigenvalue weighted by Crippen LogP contribution is 2.33. The number of fused-ring (bicyclic) bond motifs is 1. The summed E-state index contributed by atoms with van der Waals surface area (Å²) in [5.41, 5.74) is 1.14. The van der Waals surface area contributed by atoms with E-state index in [0.29, 0.717) is 65.4 Å². The molecule has 1 amide bonds. The second-order valence-electron chi connectivity index (χ2n) is 7.55. The Bertz CT molecular complexity index is 1090. The van der Waals surface area contributed by atoms with Crippen molar-refractivity contribution in [2.24, 2.45) is 5.92 Å². The van der Waals surface area contributed by atoms with Gasteiger partial charge in [0.15, 0.2) is 11.5 Å². The third-order valence-corrected chi connectivity index (χ3v) is 7.85. The number of carbonyl (C=O) groups excluding carboxylic acids is 1. The van der Waals surface area contributed by atoms with Crippen LogP contribution in [0.1, 0.15) is 18.4 Å². The molecular formula is C21H22Cl2N2O5S. The highest BCUT2D eigenvalue weighted by atomic mass is 35.5. The Hall–Kier alpha value is -2.00. The van der Waals surface area contributed by atoms with Crippen LogP contribution in [0.2, 0.25) is 10.0 Å². The molecule has 2 aromatic rings. The minimum Gasteiger partial charge on any atom is -0.486 e. The average Bonchev–Trinajstić information content (AvgIpc) is 2.76. The molecule has 0 saturated carbocycles. The summed E-state index contributed by atoms with van der Waals surface area (Å²) in [5, 5.41) is 3.55. The van der Waals surface area contributed by atoms with Gasteiger partial charge in [0.25, 0.3) is 0 Å². The molecule has 7 nitrogen and oxygen atoms in total. The second kappa shape index (κ2) is 9.24. The largest absolute Gasteiger partial charge is 0.486 e. The molecule has 1 saturated heterocycles. The van der Waals surface area contributed by atoms with Gasteiger partial charge in [0.05, 0.1) is 21.7 Å². The maximum Gasteiger partial charge on any atom is 0.228 e. The van der Waals surface area contributed by atoms with E-state index in [1.807, 2.05) is 0 Å². The number of hydrogen-bond acceptors (Lipinski definition) is 5. The van der Waals surface area contributed by atoms with Gasteiger partial charge in [0.2, 0.25) is 15.9 Å². The summed E-state index contributed by atoms with van der Waals surface area (Å²) in [4.78, 5) is 12.8. The van der Waals surface area contributed by atoms with Crippen LogP contribution in [0.3, 0.4) is 0 Å². The van der Waals surface area contributed by atoms with E-state index in [-0.39, 0.29) is 18.2 Å². The van der Waals surface area contributed by atoms with Crippen molar-refractivity contribution in [3.63, 3.8) is 0 Å². The Balaban J connectivity index is 1.41. The second-order valence-corrected chi connectivity index (χ2v) is 10.3. The van der Waals surface area contributed by atoms with Crippen LogP contribution in [0.25, 0.3) is 0 Å². The molecule has 0 bridgehead atoms. The number of rotatable bonds is 5. The molecule has 166 valence electrons. The minimum atomic E-state index is -3.60. The molecule has 1 N–H and O–H groups in total. The highest BCUT2D eigenvalue weighted by molar-refractivity contribution is 7.88. The quantitative estimate of drug-likeness (QED) is 0.694. The number of hydrogen-bond donors (Lipinski definition) is 1. The number of benzene rings is 2. The summed E-state index contributed by atoms with van der Waals surface area (Å²) >= 11 is 11.9. The first-order valence-corrected chi connectivity index (χ1v) is 12.3. The van der Waals surface area contributed by atoms with Crippen LogP contribution in [-0.4, -0.2) is 44.9 Å². The molecule has 31 heavy (non-hydrogen) atoms. The fraction of sp³-hybridized carbons (Fsp3) is 0.381. The number of ether oxygens (including phenoxy) is 2. The smallest absolute Gasteiger partial charge is 0.228 e. The molecule has 10 heteroatoms. The van der Waals surface area contributed by atoms with Crippen molar-refractivity contribution in [3.8, 4) is 11.5 Å². The van der Waals surface area contributed by atoms with Crippen LogP contribution in [0.4, 0.5) is 5.69 Å². The van der Waals surface area contributed by atoms with Crippen LogP contribution < -0.4 is 14.8 Å². The van der Waals surface area contributed by atoms with E-state index in [0.717, 1.165) is 0 Å². The van der Waals surface area contributed by atoms with Gasteiger partial charge in [-0.25, -0.2) is 12.7 Å². The van der Waals surface area contributed by atoms with E-state index < -0.39 is 15.9 Å². The number of halogens is 2. The van der Waals surface area contributed by atoms with Gasteiger partial charge in [-0.3, -0.25) is 4.79 Å². The maximum atomic E-state index is 12.9. The maximum absolute atomic E-state index is 12.9. The molecule has 0 aliphatic carbocycles. The summed E-state index contributed by atoms with van der Waals surface area (Å²) in [6.07, 6.45) is 1.23. The van der Waals surface area contributed by atoms with E-state index in [1.165, 1.54) is 4.31 Å². The zero-order valence-electron chi connectivity index (χ0n) is 16.6. The van der Waals surface area contributed by atoms with Crippen molar-refractivity contribution in [2.75, 3.05) is 31.6 Å². The molecule has 2 aromatic carbocycles. The van der Waals surface area contributed by atoms with Crippen molar-refractivity contribution in [3.05, 3.63) is 52.0 Å². The Morgan fingerprint density at radius 1 is 1.06 bits per heavy atom. The van der Waals surface area contributed by atoms with Gasteiger partial charge in [-0.1, -0.05) is 29.3 Å². The van der Waals surface area contributed by atoms with Crippen LogP contribution in [0.5, 0.6) is 11.5 Å². The fourth-order valence-electron chi connectivity index (χ4n) is 3.71. The summed E-state index contributed by atoms with van der Waals surface area (Å²) < 4.78 is 38.3. The Labute approximate surface area is 191 Å². The summed E-state index contributed by atoms with van der Waals surface area (Å²) in [6.45, 7) is 1.48. The van der Waals surface area contributed by atoms with Gasteiger partial charge < -0.3 is 14.8 Å². The molecule has 1 fully saturated rings. The molecule has 4 rings (SSSR count). The van der Waals surface area contributed by atoms with Gasteiger partial charge in [0, 0.05) is 24.8 Å². The normalized spacial score (nSPS) is 19.1. The van der Waals surface area contributed by atoms with Crippen LogP contribution in [0, 0.1) is 5.92 Å². The third-order valence-electron chi connectivity index (χ3n) is 5.29. The molecule has 0 unspecified atom stereocenters. The molecular weight excluding hydrogens is 463 g/mol. The zero-order chi connectivity index (χ0) is 22.0. The molecule has 2 aliphatic rings. The van der Waals surface area contributed by atoms with Crippen LogP contribution in [0.15, 0.2) is 36.4 Å². The number of carbonyl (C=O) groups is 1. The molecule has 2 aliphatic heterocycles. The topological polar surface area (TPSA) is 84.9 Å². The molecule has 0 spiro atoms. The van der Waals surface area contributed by atoms with Gasteiger partial charge in [-0.15, -0.1) is 0 Å². The van der Waals surface area contributed by atoms with Crippen molar-refractivity contribution in [1.82, 2.24) is 4.31 Å². The lowest BCUT2D eigenvalue weighted by Gasteiger charge is -2.31. The highest BCUT2D eigenvalue weighted by Gasteiger charge is 2.32. The lowest BCUT2D eigenvalue weighted by Crippen LogP contribution is -2.44. The van der Waals surface area contributed by atoms with Crippen molar-refractivity contribution in [2.45, 2.75) is 18.6 Å². The first kappa shape index (κ1) is 22.2. The van der Waals surface area contributed by atoms with E-state index in [9.17, 15) is 13.2 Å². The van der Waals surface area contributed by atoms with E-state index in [4.69, 9.17) is 32.7 Å². The molecule has 0 aromatic heterocycles. The number of piperidine rings is 1. The SMILES string of the molecule is O=C(Nc1ccc2c(c1)OCCO2)[C@H]1CCCN(S(=O)(=O)Cc2ccc(Cl)c(Cl)c2)C1. The lowest BCUT2D eigenvalue weighted by molar-refractivity contribution is -0.120. The Kier molecular flexibility index (Phi) is 6.62. The predicted molar refractivity (Wildman–Crippen MR) is 119 cm³/mol. The van der Waals surface area contributed by atoms with E-state index in [1.54, 1.807) is 36.4 Å². The van der Waals surface area contributed by atoms with Crippen LogP contribution in [-0.2, 0) is 20.6 Å². The summed E-state index contributed by atoms with van der Waals surface area (Å²) in [6, 6.07) is 9.98. The first-order valence-electron chi connectivity index (χ1n) is 9.94. The molecule has 0 radical (unpaired) electrons. The van der Waals surface area contributed by atoms with Gasteiger partial charge in [-0.2, -0.15) is 0 Å². The molecule has 1 atom stereocenters. The first-order chi connectivity index (χ1) is 14.8. The Morgan fingerprint density at radius 2 is 1.84 bits per heavy atom. The number of sulfonamides is 1. The van der Waals surface area contributed by atoms with Crippen molar-refractivity contribution < 1.29 is 22.7 Å². The zero-order valence-corrected chi connectivity index (χ0v) is 19.0. The van der Waals surface area contributed by atoms with E-state index in [2.05, 4.69) is 5.32 Å². The predicted octanol–water partition coefficient (Wildman–Crippen LogP) is 3.95. The van der Waals surface area contributed by atoms with Gasteiger partial charge in [-0.05, 0) is 42.7 Å². The minimum absolute atomic E-state index is 0.139. The Morgan fingerprint density at radius 3 is 2.61 bits per heavy atom. The standard InChI is InChI=1S/C21H22Cl2N2O5S/c22-17-5-3-14(10-18(17)23)13-31(27,28)25-7-1-2-15(12-25)21(26)24-16-4-6-19-20(11-16)30-9-8-29-19/h3-6,10-11,15H,1-2,7-9,12-13H2,(H,24,26)/t15-/m0/s1. The molecule has 2 heterocycles. The third kappa shape index (κ3) is 5.26. The lowest BCUT2D eigenvalue weighted by atomic mass is 9.98. The monoisotopic (exact) mass is 484 g/mol. The van der Waals surface area contributed by atoms with E-state index >= 15 is 0 Å². The number of nitrogens with one attached hydrogen (secondary N) is 1. The summed E-state index contributed by atoms with van der Waals surface area (Å²) in [7, 11) is -3.60. The number of nitrogens with zero attached hydrogens (tertiary/aromatic N) is 1. The van der Waals surface area contributed by atoms with Gasteiger partial charge in [0.1, 0.15) is 13.2 Å². The number of amides is 1.